The second-order valence-electron chi connectivity index (χ2n) is 5.92. The summed E-state index contributed by atoms with van der Waals surface area (Å²) in [6, 6.07) is 16.8. The van der Waals surface area contributed by atoms with Crippen LogP contribution in [0, 0.1) is 6.92 Å². The first kappa shape index (κ1) is 15.8. The third kappa shape index (κ3) is 4.02. The van der Waals surface area contributed by atoms with Gasteiger partial charge in [-0.05, 0) is 36.1 Å². The number of hydrogen-bond donors (Lipinski definition) is 0. The molecule has 1 aromatic heterocycles. The zero-order chi connectivity index (χ0) is 16.2. The zero-order valence-corrected chi connectivity index (χ0v) is 14.4. The highest BCUT2D eigenvalue weighted by atomic mass is 32.2. The Balaban J connectivity index is 1.64. The fourth-order valence-electron chi connectivity index (χ4n) is 2.22. The number of thioether (sulfide) groups is 1. The van der Waals surface area contributed by atoms with E-state index in [1.807, 2.05) is 24.3 Å². The van der Waals surface area contributed by atoms with Crippen LogP contribution in [-0.4, -0.2) is 10.2 Å². The smallest absolute Gasteiger partial charge is 0.277 e. The summed E-state index contributed by atoms with van der Waals surface area (Å²) < 4.78 is 5.73. The molecule has 0 bridgehead atoms. The van der Waals surface area contributed by atoms with E-state index >= 15 is 0 Å². The van der Waals surface area contributed by atoms with E-state index in [9.17, 15) is 0 Å². The molecule has 4 heteroatoms. The van der Waals surface area contributed by atoms with Crippen LogP contribution < -0.4 is 0 Å². The molecule has 0 saturated carbocycles. The van der Waals surface area contributed by atoms with E-state index in [-0.39, 0.29) is 0 Å². The summed E-state index contributed by atoms with van der Waals surface area (Å²) >= 11 is 1.57. The molecule has 0 atom stereocenters. The summed E-state index contributed by atoms with van der Waals surface area (Å²) in [4.78, 5) is 0. The second kappa shape index (κ2) is 7.01. The number of benzene rings is 2. The van der Waals surface area contributed by atoms with Crippen molar-refractivity contribution < 1.29 is 4.42 Å². The van der Waals surface area contributed by atoms with Gasteiger partial charge in [0.05, 0.1) is 0 Å². The standard InChI is InChI=1S/C19H20N2OS/c1-13(2)16-10-6-15(7-11-16)12-23-19-21-20-18(22-19)17-8-4-14(3)5-9-17/h4-11,13H,12H2,1-3H3. The number of aryl methyl sites for hydroxylation is 1. The Labute approximate surface area is 141 Å². The third-order valence-electron chi connectivity index (χ3n) is 3.71. The first-order valence-electron chi connectivity index (χ1n) is 7.74. The van der Waals surface area contributed by atoms with Gasteiger partial charge >= 0.3 is 0 Å². The molecule has 0 N–H and O–H groups in total. The van der Waals surface area contributed by atoms with Crippen molar-refractivity contribution in [1.29, 1.82) is 0 Å². The summed E-state index contributed by atoms with van der Waals surface area (Å²) in [5.41, 5.74) is 4.79. The predicted molar refractivity (Wildman–Crippen MR) is 94.6 cm³/mol. The molecule has 0 spiro atoms. The quantitative estimate of drug-likeness (QED) is 0.584. The van der Waals surface area contributed by atoms with Crippen LogP contribution in [-0.2, 0) is 5.75 Å². The average Bonchev–Trinajstić information content (AvgIpc) is 3.03. The van der Waals surface area contributed by atoms with E-state index in [0.29, 0.717) is 17.0 Å². The van der Waals surface area contributed by atoms with E-state index < -0.39 is 0 Å². The lowest BCUT2D eigenvalue weighted by molar-refractivity contribution is 0.466. The number of nitrogens with zero attached hydrogens (tertiary/aromatic N) is 2. The molecule has 0 unspecified atom stereocenters. The maximum atomic E-state index is 5.73. The van der Waals surface area contributed by atoms with Gasteiger partial charge in [0, 0.05) is 11.3 Å². The number of hydrogen-bond acceptors (Lipinski definition) is 4. The van der Waals surface area contributed by atoms with E-state index in [4.69, 9.17) is 4.42 Å². The van der Waals surface area contributed by atoms with Gasteiger partial charge in [0.25, 0.3) is 5.22 Å². The van der Waals surface area contributed by atoms with Crippen LogP contribution in [0.4, 0.5) is 0 Å². The highest BCUT2D eigenvalue weighted by molar-refractivity contribution is 7.98. The molecular weight excluding hydrogens is 304 g/mol. The minimum atomic E-state index is 0.560. The largest absolute Gasteiger partial charge is 0.411 e. The van der Waals surface area contributed by atoms with Gasteiger partial charge in [0.1, 0.15) is 0 Å². The maximum Gasteiger partial charge on any atom is 0.277 e. The van der Waals surface area contributed by atoms with Crippen LogP contribution in [0.25, 0.3) is 11.5 Å². The van der Waals surface area contributed by atoms with Crippen molar-refractivity contribution in [2.24, 2.45) is 0 Å². The lowest BCUT2D eigenvalue weighted by atomic mass is 10.0. The van der Waals surface area contributed by atoms with E-state index in [0.717, 1.165) is 11.3 Å². The Morgan fingerprint density at radius 3 is 2.30 bits per heavy atom. The number of rotatable bonds is 5. The lowest BCUT2D eigenvalue weighted by Crippen LogP contribution is -1.88. The van der Waals surface area contributed by atoms with E-state index in [1.54, 1.807) is 11.8 Å². The van der Waals surface area contributed by atoms with Crippen LogP contribution in [0.5, 0.6) is 0 Å². The first-order valence-corrected chi connectivity index (χ1v) is 8.72. The van der Waals surface area contributed by atoms with Crippen molar-refractivity contribution in [3.63, 3.8) is 0 Å². The van der Waals surface area contributed by atoms with Crippen LogP contribution in [0.1, 0.15) is 36.5 Å². The van der Waals surface area contributed by atoms with Gasteiger partial charge in [-0.2, -0.15) is 0 Å². The molecule has 3 nitrogen and oxygen atoms in total. The highest BCUT2D eigenvalue weighted by Crippen LogP contribution is 2.26. The molecule has 0 saturated heterocycles. The van der Waals surface area contributed by atoms with Crippen molar-refractivity contribution in [2.45, 2.75) is 37.7 Å². The fourth-order valence-corrected chi connectivity index (χ4v) is 2.94. The minimum absolute atomic E-state index is 0.560. The van der Waals surface area contributed by atoms with Gasteiger partial charge in [0.15, 0.2) is 0 Å². The van der Waals surface area contributed by atoms with Crippen LogP contribution >= 0.6 is 11.8 Å². The SMILES string of the molecule is Cc1ccc(-c2nnc(SCc3ccc(C(C)C)cc3)o2)cc1. The number of aromatic nitrogens is 2. The Bertz CT molecular complexity index is 761. The topological polar surface area (TPSA) is 38.9 Å². The Kier molecular flexibility index (Phi) is 4.82. The first-order chi connectivity index (χ1) is 11.1. The molecule has 3 aromatic rings. The second-order valence-corrected chi connectivity index (χ2v) is 6.85. The van der Waals surface area contributed by atoms with E-state index in [1.165, 1.54) is 16.7 Å². The highest BCUT2D eigenvalue weighted by Gasteiger charge is 2.09. The molecule has 0 aliphatic rings. The van der Waals surface area contributed by atoms with Crippen LogP contribution in [0.2, 0.25) is 0 Å². The molecule has 118 valence electrons. The molecule has 23 heavy (non-hydrogen) atoms. The van der Waals surface area contributed by atoms with Crippen LogP contribution in [0.15, 0.2) is 58.2 Å². The van der Waals surface area contributed by atoms with Gasteiger partial charge < -0.3 is 4.42 Å². The van der Waals surface area contributed by atoms with Crippen molar-refractivity contribution in [3.8, 4) is 11.5 Å². The molecule has 0 amide bonds. The van der Waals surface area contributed by atoms with Crippen molar-refractivity contribution in [2.75, 3.05) is 0 Å². The summed E-state index contributed by atoms with van der Waals surface area (Å²) in [7, 11) is 0. The third-order valence-corrected chi connectivity index (χ3v) is 4.60. The molecule has 0 aliphatic heterocycles. The van der Waals surface area contributed by atoms with Gasteiger partial charge in [-0.15, -0.1) is 10.2 Å². The van der Waals surface area contributed by atoms with Gasteiger partial charge in [-0.1, -0.05) is 67.6 Å². The molecule has 3 rings (SSSR count). The Morgan fingerprint density at radius 1 is 0.957 bits per heavy atom. The monoisotopic (exact) mass is 324 g/mol. The summed E-state index contributed by atoms with van der Waals surface area (Å²) in [5, 5.41) is 8.86. The molecule has 0 aliphatic carbocycles. The van der Waals surface area contributed by atoms with Crippen molar-refractivity contribution >= 4 is 11.8 Å². The van der Waals surface area contributed by atoms with Crippen molar-refractivity contribution in [3.05, 3.63) is 65.2 Å². The molecule has 1 heterocycles. The summed E-state index contributed by atoms with van der Waals surface area (Å²) in [5.74, 6) is 1.96. The Hall–Kier alpha value is -2.07. The fraction of sp³-hybridized carbons (Fsp3) is 0.263. The lowest BCUT2D eigenvalue weighted by Gasteiger charge is -2.05. The summed E-state index contributed by atoms with van der Waals surface area (Å²) in [6.07, 6.45) is 0. The van der Waals surface area contributed by atoms with Gasteiger partial charge in [0.2, 0.25) is 5.89 Å². The predicted octanol–water partition coefficient (Wildman–Crippen LogP) is 5.46. The zero-order valence-electron chi connectivity index (χ0n) is 13.6. The maximum absolute atomic E-state index is 5.73. The molecule has 2 aromatic carbocycles. The molecular formula is C19H20N2OS. The molecule has 0 radical (unpaired) electrons. The Morgan fingerprint density at radius 2 is 1.65 bits per heavy atom. The minimum Gasteiger partial charge on any atom is -0.411 e. The summed E-state index contributed by atoms with van der Waals surface area (Å²) in [6.45, 7) is 6.47. The van der Waals surface area contributed by atoms with Crippen LogP contribution in [0.3, 0.4) is 0 Å². The van der Waals surface area contributed by atoms with E-state index in [2.05, 4.69) is 55.2 Å². The van der Waals surface area contributed by atoms with Gasteiger partial charge in [-0.25, -0.2) is 0 Å². The average molecular weight is 324 g/mol. The van der Waals surface area contributed by atoms with Gasteiger partial charge in [-0.3, -0.25) is 0 Å². The normalized spacial score (nSPS) is 11.1. The molecule has 0 fully saturated rings. The van der Waals surface area contributed by atoms with Crippen molar-refractivity contribution in [1.82, 2.24) is 10.2 Å².